The summed E-state index contributed by atoms with van der Waals surface area (Å²) in [4.78, 5) is 18.9. The van der Waals surface area contributed by atoms with Gasteiger partial charge in [-0.2, -0.15) is 0 Å². The molecule has 0 amide bonds. The number of aryl methyl sites for hydroxylation is 1. The second-order valence-electron chi connectivity index (χ2n) is 2.35. The van der Waals surface area contributed by atoms with Crippen molar-refractivity contribution >= 4 is 28.9 Å². The van der Waals surface area contributed by atoms with Gasteiger partial charge in [-0.3, -0.25) is 0 Å². The Morgan fingerprint density at radius 3 is 2.42 bits per heavy atom. The topological polar surface area (TPSA) is 40.5 Å². The van der Waals surface area contributed by atoms with Gasteiger partial charge >= 0.3 is 0 Å². The lowest BCUT2D eigenvalue weighted by molar-refractivity contribution is 0.502. The quantitative estimate of drug-likeness (QED) is 0.750. The third-order valence-electron chi connectivity index (χ3n) is 1.31. The summed E-state index contributed by atoms with van der Waals surface area (Å²) in [6.45, 7) is 1.91. The van der Waals surface area contributed by atoms with E-state index in [4.69, 9.17) is 9.79 Å². The fourth-order valence-electron chi connectivity index (χ4n) is 0.787. The fraction of sp³-hybridized carbons (Fsp3) is 0.143. The molecule has 2 N–H and O–H groups in total. The molecule has 0 heterocycles. The van der Waals surface area contributed by atoms with E-state index in [-0.39, 0.29) is 0 Å². The highest BCUT2D eigenvalue weighted by Gasteiger charge is 2.10. The van der Waals surface area contributed by atoms with Crippen molar-refractivity contribution in [1.82, 2.24) is 0 Å². The van der Waals surface area contributed by atoms with Crippen molar-refractivity contribution in [2.45, 2.75) is 11.8 Å². The van der Waals surface area contributed by atoms with E-state index >= 15 is 0 Å². The van der Waals surface area contributed by atoms with Gasteiger partial charge in [0.05, 0.1) is 0 Å². The molecule has 1 rings (SSSR count). The second kappa shape index (κ2) is 3.90. The third-order valence-corrected chi connectivity index (χ3v) is 4.18. The van der Waals surface area contributed by atoms with Gasteiger partial charge in [-0.15, -0.1) is 0 Å². The van der Waals surface area contributed by atoms with Crippen LogP contribution in [0.5, 0.6) is 0 Å². The molecule has 0 bridgehead atoms. The van der Waals surface area contributed by atoms with Gasteiger partial charge in [0.15, 0.2) is 0 Å². The third kappa shape index (κ3) is 3.25. The molecular formula is C7H9O2PS2. The van der Waals surface area contributed by atoms with Crippen LogP contribution in [-0.2, 0) is 11.8 Å². The Labute approximate surface area is 80.5 Å². The number of hydrogen-bond acceptors (Lipinski definition) is 2. The van der Waals surface area contributed by atoms with Crippen molar-refractivity contribution in [3.05, 3.63) is 29.8 Å². The molecule has 0 aliphatic carbocycles. The maximum absolute atomic E-state index is 9.04. The van der Waals surface area contributed by atoms with Crippen molar-refractivity contribution in [1.29, 1.82) is 0 Å². The van der Waals surface area contributed by atoms with E-state index in [0.717, 1.165) is 21.8 Å². The van der Waals surface area contributed by atoms with Crippen LogP contribution < -0.4 is 0 Å². The molecule has 0 radical (unpaired) electrons. The molecule has 2 nitrogen and oxygen atoms in total. The maximum atomic E-state index is 9.04. The molecule has 66 valence electrons. The molecule has 0 saturated carbocycles. The zero-order chi connectivity index (χ0) is 9.19. The van der Waals surface area contributed by atoms with Gasteiger partial charge in [0.25, 0.3) is 0 Å². The molecule has 0 aliphatic heterocycles. The van der Waals surface area contributed by atoms with Crippen molar-refractivity contribution in [2.75, 3.05) is 0 Å². The van der Waals surface area contributed by atoms with Crippen LogP contribution in [0.4, 0.5) is 0 Å². The lowest BCUT2D eigenvalue weighted by Gasteiger charge is -2.07. The highest BCUT2D eigenvalue weighted by molar-refractivity contribution is 8.67. The summed E-state index contributed by atoms with van der Waals surface area (Å²) < 4.78 is 0. The minimum Gasteiger partial charge on any atom is -0.337 e. The normalized spacial score (nSPS) is 11.6. The van der Waals surface area contributed by atoms with E-state index in [1.807, 2.05) is 31.2 Å². The van der Waals surface area contributed by atoms with Crippen LogP contribution in [0.3, 0.4) is 0 Å². The summed E-state index contributed by atoms with van der Waals surface area (Å²) in [6.07, 6.45) is 0. The maximum Gasteiger partial charge on any atom is 0.246 e. The van der Waals surface area contributed by atoms with Crippen molar-refractivity contribution in [3.63, 3.8) is 0 Å². The summed E-state index contributed by atoms with van der Waals surface area (Å²) in [5.74, 6) is 0. The summed E-state index contributed by atoms with van der Waals surface area (Å²) in [5, 5.41) is 0. The molecule has 0 unspecified atom stereocenters. The molecule has 0 aliphatic rings. The zero-order valence-corrected chi connectivity index (χ0v) is 8.99. The predicted octanol–water partition coefficient (Wildman–Crippen LogP) is 2.30. The lowest BCUT2D eigenvalue weighted by atomic mass is 10.2. The molecule has 0 aromatic heterocycles. The SMILES string of the molecule is Cc1ccccc1SP(O)(O)=S. The molecule has 0 fully saturated rings. The Kier molecular flexibility index (Phi) is 3.32. The molecular weight excluding hydrogens is 211 g/mol. The Morgan fingerprint density at radius 2 is 1.92 bits per heavy atom. The average Bonchev–Trinajstić information content (AvgIpc) is 1.91. The van der Waals surface area contributed by atoms with Crippen LogP contribution in [0, 0.1) is 6.92 Å². The van der Waals surface area contributed by atoms with Gasteiger partial charge in [0.2, 0.25) is 5.69 Å². The van der Waals surface area contributed by atoms with Crippen LogP contribution in [0.25, 0.3) is 0 Å². The minimum absolute atomic E-state index is 0.839. The molecule has 0 spiro atoms. The lowest BCUT2D eigenvalue weighted by Crippen LogP contribution is -1.77. The highest BCUT2D eigenvalue weighted by Crippen LogP contribution is 2.55. The van der Waals surface area contributed by atoms with Crippen molar-refractivity contribution in [3.8, 4) is 0 Å². The van der Waals surface area contributed by atoms with Gasteiger partial charge < -0.3 is 9.79 Å². The Morgan fingerprint density at radius 1 is 1.33 bits per heavy atom. The molecule has 0 saturated heterocycles. The zero-order valence-electron chi connectivity index (χ0n) is 6.47. The molecule has 12 heavy (non-hydrogen) atoms. The standard InChI is InChI=1S/C7H9O2PS2/c1-6-4-2-3-5-7(6)12-10(8,9)11/h2-5H,1H3,(H2,8,9,11). The number of hydrogen-bond donors (Lipinski definition) is 2. The van der Waals surface area contributed by atoms with Crippen LogP contribution >= 0.6 is 17.1 Å². The predicted molar refractivity (Wildman–Crippen MR) is 55.8 cm³/mol. The van der Waals surface area contributed by atoms with E-state index in [9.17, 15) is 0 Å². The van der Waals surface area contributed by atoms with Crippen LogP contribution in [-0.4, -0.2) is 9.79 Å². The Hall–Kier alpha value is 0.140. The fourth-order valence-corrected chi connectivity index (χ4v) is 3.50. The van der Waals surface area contributed by atoms with Crippen LogP contribution in [0.2, 0.25) is 0 Å². The van der Waals surface area contributed by atoms with Gasteiger partial charge in [0, 0.05) is 4.90 Å². The molecule has 0 atom stereocenters. The summed E-state index contributed by atoms with van der Waals surface area (Å²) in [7, 11) is 0. The van der Waals surface area contributed by atoms with Gasteiger partial charge in [-0.1, -0.05) is 18.2 Å². The minimum atomic E-state index is -3.16. The Balaban J connectivity index is 2.90. The summed E-state index contributed by atoms with van der Waals surface area (Å²) in [6, 6.07) is 7.48. The molecule has 5 heteroatoms. The second-order valence-corrected chi connectivity index (χ2v) is 8.25. The van der Waals surface area contributed by atoms with Crippen molar-refractivity contribution < 1.29 is 9.79 Å². The van der Waals surface area contributed by atoms with E-state index in [2.05, 4.69) is 11.8 Å². The van der Waals surface area contributed by atoms with Crippen LogP contribution in [0.1, 0.15) is 5.56 Å². The van der Waals surface area contributed by atoms with E-state index in [1.165, 1.54) is 0 Å². The van der Waals surface area contributed by atoms with Gasteiger partial charge in [0.1, 0.15) is 0 Å². The molecule has 1 aromatic carbocycles. The van der Waals surface area contributed by atoms with Crippen molar-refractivity contribution in [2.24, 2.45) is 0 Å². The smallest absolute Gasteiger partial charge is 0.246 e. The average molecular weight is 220 g/mol. The van der Waals surface area contributed by atoms with E-state index in [0.29, 0.717) is 0 Å². The first kappa shape index (κ1) is 10.2. The summed E-state index contributed by atoms with van der Waals surface area (Å²) >= 11 is 5.48. The van der Waals surface area contributed by atoms with Gasteiger partial charge in [-0.05, 0) is 41.7 Å². The van der Waals surface area contributed by atoms with E-state index in [1.54, 1.807) is 0 Å². The molecule has 1 aromatic rings. The summed E-state index contributed by atoms with van der Waals surface area (Å²) in [5.41, 5.74) is -2.15. The number of benzene rings is 1. The Bertz CT molecular complexity index is 321. The monoisotopic (exact) mass is 220 g/mol. The largest absolute Gasteiger partial charge is 0.337 e. The first-order valence-electron chi connectivity index (χ1n) is 3.30. The van der Waals surface area contributed by atoms with Gasteiger partial charge in [-0.25, -0.2) is 0 Å². The highest BCUT2D eigenvalue weighted by atomic mass is 32.9. The van der Waals surface area contributed by atoms with Crippen LogP contribution in [0.15, 0.2) is 29.2 Å². The van der Waals surface area contributed by atoms with E-state index < -0.39 is 5.69 Å². The first-order valence-corrected chi connectivity index (χ1v) is 7.43. The first-order chi connectivity index (χ1) is 5.49. The number of rotatable bonds is 2.